The molecule has 0 aliphatic carbocycles. The van der Waals surface area contributed by atoms with Crippen LogP contribution in [0.3, 0.4) is 0 Å². The summed E-state index contributed by atoms with van der Waals surface area (Å²) in [5.41, 5.74) is 7.44. The number of nitrogen functional groups attached to an aromatic ring is 1. The highest BCUT2D eigenvalue weighted by Gasteiger charge is 2.08. The smallest absolute Gasteiger partial charge is 0.147 e. The monoisotopic (exact) mass is 324 g/mol. The molecule has 100 valence electrons. The van der Waals surface area contributed by atoms with E-state index in [-0.39, 0.29) is 5.82 Å². The predicted octanol–water partition coefficient (Wildman–Crippen LogP) is 4.31. The molecule has 0 spiro atoms. The fraction of sp³-hybridized carbons (Fsp3) is 0.143. The summed E-state index contributed by atoms with van der Waals surface area (Å²) < 4.78 is 19.8. The number of para-hydroxylation sites is 1. The van der Waals surface area contributed by atoms with Gasteiger partial charge in [-0.25, -0.2) is 4.39 Å². The van der Waals surface area contributed by atoms with Crippen molar-refractivity contribution < 1.29 is 9.13 Å². The number of nitrogens with one attached hydrogen (secondary N) is 1. The average Bonchev–Trinajstić information content (AvgIpc) is 2.38. The summed E-state index contributed by atoms with van der Waals surface area (Å²) in [6.45, 7) is 2.41. The lowest BCUT2D eigenvalue weighted by molar-refractivity contribution is 0.342. The van der Waals surface area contributed by atoms with Gasteiger partial charge in [0, 0.05) is 16.2 Å². The first-order chi connectivity index (χ1) is 9.11. The van der Waals surface area contributed by atoms with Crippen LogP contribution in [0.25, 0.3) is 0 Å². The Morgan fingerprint density at radius 3 is 2.79 bits per heavy atom. The highest BCUT2D eigenvalue weighted by molar-refractivity contribution is 9.10. The van der Waals surface area contributed by atoms with Crippen molar-refractivity contribution in [2.24, 2.45) is 0 Å². The van der Waals surface area contributed by atoms with Crippen molar-refractivity contribution in [1.29, 1.82) is 0 Å². The van der Waals surface area contributed by atoms with Gasteiger partial charge in [0.05, 0.1) is 18.0 Å². The van der Waals surface area contributed by atoms with Crippen LogP contribution in [0.5, 0.6) is 5.75 Å². The van der Waals surface area contributed by atoms with Crippen LogP contribution in [0.1, 0.15) is 6.92 Å². The Morgan fingerprint density at radius 2 is 2.11 bits per heavy atom. The van der Waals surface area contributed by atoms with E-state index in [0.717, 1.165) is 0 Å². The summed E-state index contributed by atoms with van der Waals surface area (Å²) in [4.78, 5) is 0. The van der Waals surface area contributed by atoms with E-state index in [1.165, 1.54) is 6.07 Å². The molecule has 0 aromatic heterocycles. The van der Waals surface area contributed by atoms with Gasteiger partial charge in [-0.2, -0.15) is 0 Å². The standard InChI is InChI=1S/C14H14BrFN2O/c1-2-19-13-8-9(6-7-12(13)17)18-14-10(15)4-3-5-11(14)16/h3-8,18H,2,17H2,1H3. The molecule has 2 aromatic rings. The second kappa shape index (κ2) is 5.93. The van der Waals surface area contributed by atoms with Crippen molar-refractivity contribution in [3.8, 4) is 5.75 Å². The zero-order valence-electron chi connectivity index (χ0n) is 10.4. The van der Waals surface area contributed by atoms with Crippen LogP contribution in [-0.4, -0.2) is 6.61 Å². The number of ether oxygens (including phenoxy) is 1. The minimum Gasteiger partial charge on any atom is -0.492 e. The molecule has 0 saturated heterocycles. The van der Waals surface area contributed by atoms with Gasteiger partial charge in [0.2, 0.25) is 0 Å². The Hall–Kier alpha value is -1.75. The van der Waals surface area contributed by atoms with Gasteiger partial charge in [0.1, 0.15) is 11.6 Å². The number of anilines is 3. The van der Waals surface area contributed by atoms with Gasteiger partial charge in [0.15, 0.2) is 0 Å². The van der Waals surface area contributed by atoms with Crippen molar-refractivity contribution in [2.75, 3.05) is 17.7 Å². The van der Waals surface area contributed by atoms with Gasteiger partial charge in [-0.3, -0.25) is 0 Å². The van der Waals surface area contributed by atoms with Crippen LogP contribution in [0, 0.1) is 5.82 Å². The van der Waals surface area contributed by atoms with E-state index in [1.54, 1.807) is 30.3 Å². The third-order valence-corrected chi connectivity index (χ3v) is 3.21. The van der Waals surface area contributed by atoms with Crippen LogP contribution >= 0.6 is 15.9 Å². The van der Waals surface area contributed by atoms with Gasteiger partial charge < -0.3 is 15.8 Å². The Balaban J connectivity index is 2.31. The molecule has 5 heteroatoms. The predicted molar refractivity (Wildman–Crippen MR) is 79.4 cm³/mol. The maximum atomic E-state index is 13.7. The molecule has 0 radical (unpaired) electrons. The van der Waals surface area contributed by atoms with Crippen molar-refractivity contribution in [2.45, 2.75) is 6.92 Å². The Morgan fingerprint density at radius 1 is 1.32 bits per heavy atom. The van der Waals surface area contributed by atoms with E-state index in [0.29, 0.717) is 33.9 Å². The number of rotatable bonds is 4. The molecule has 0 atom stereocenters. The summed E-state index contributed by atoms with van der Waals surface area (Å²) in [6.07, 6.45) is 0. The van der Waals surface area contributed by atoms with Gasteiger partial charge in [-0.1, -0.05) is 6.07 Å². The van der Waals surface area contributed by atoms with Crippen molar-refractivity contribution >= 4 is 33.0 Å². The number of hydrogen-bond donors (Lipinski definition) is 2. The molecule has 0 saturated carbocycles. The number of benzene rings is 2. The molecular weight excluding hydrogens is 311 g/mol. The van der Waals surface area contributed by atoms with Gasteiger partial charge in [-0.05, 0) is 47.1 Å². The average molecular weight is 325 g/mol. The topological polar surface area (TPSA) is 47.3 Å². The number of hydrogen-bond acceptors (Lipinski definition) is 3. The maximum Gasteiger partial charge on any atom is 0.147 e. The first-order valence-electron chi connectivity index (χ1n) is 5.85. The molecule has 0 amide bonds. The third-order valence-electron chi connectivity index (χ3n) is 2.55. The molecule has 0 aliphatic rings. The molecule has 0 aliphatic heterocycles. The lowest BCUT2D eigenvalue weighted by atomic mass is 10.2. The molecular formula is C14H14BrFN2O. The van der Waals surface area contributed by atoms with Crippen molar-refractivity contribution in [3.63, 3.8) is 0 Å². The van der Waals surface area contributed by atoms with Crippen LogP contribution < -0.4 is 15.8 Å². The lowest BCUT2D eigenvalue weighted by Crippen LogP contribution is -1.99. The first-order valence-corrected chi connectivity index (χ1v) is 6.64. The second-order valence-electron chi connectivity index (χ2n) is 3.91. The van der Waals surface area contributed by atoms with Crippen molar-refractivity contribution in [1.82, 2.24) is 0 Å². The Labute approximate surface area is 119 Å². The summed E-state index contributed by atoms with van der Waals surface area (Å²) in [5, 5.41) is 3.01. The lowest BCUT2D eigenvalue weighted by Gasteiger charge is -2.12. The van der Waals surface area contributed by atoms with E-state index in [9.17, 15) is 4.39 Å². The molecule has 19 heavy (non-hydrogen) atoms. The summed E-state index contributed by atoms with van der Waals surface area (Å²) in [7, 11) is 0. The zero-order valence-corrected chi connectivity index (χ0v) is 12.0. The molecule has 0 bridgehead atoms. The summed E-state index contributed by atoms with van der Waals surface area (Å²) in [6, 6.07) is 10.1. The molecule has 0 unspecified atom stereocenters. The fourth-order valence-electron chi connectivity index (χ4n) is 1.65. The Bertz CT molecular complexity index is 569. The number of nitrogens with two attached hydrogens (primary N) is 1. The summed E-state index contributed by atoms with van der Waals surface area (Å²) in [5.74, 6) is 0.254. The van der Waals surface area contributed by atoms with E-state index in [4.69, 9.17) is 10.5 Å². The molecule has 3 N–H and O–H groups in total. The fourth-order valence-corrected chi connectivity index (χ4v) is 2.10. The second-order valence-corrected chi connectivity index (χ2v) is 4.76. The van der Waals surface area contributed by atoms with Crippen LogP contribution in [0.15, 0.2) is 40.9 Å². The normalized spacial score (nSPS) is 10.3. The summed E-state index contributed by atoms with van der Waals surface area (Å²) >= 11 is 3.31. The minimum atomic E-state index is -0.329. The molecule has 2 rings (SSSR count). The van der Waals surface area contributed by atoms with Crippen LogP contribution in [0.2, 0.25) is 0 Å². The van der Waals surface area contributed by atoms with E-state index in [2.05, 4.69) is 21.2 Å². The van der Waals surface area contributed by atoms with Gasteiger partial charge in [-0.15, -0.1) is 0 Å². The van der Waals surface area contributed by atoms with E-state index >= 15 is 0 Å². The highest BCUT2D eigenvalue weighted by Crippen LogP contribution is 2.31. The quantitative estimate of drug-likeness (QED) is 0.824. The molecule has 0 fully saturated rings. The Kier molecular flexibility index (Phi) is 4.27. The van der Waals surface area contributed by atoms with Crippen LogP contribution in [0.4, 0.5) is 21.5 Å². The largest absolute Gasteiger partial charge is 0.492 e. The third kappa shape index (κ3) is 3.17. The first kappa shape index (κ1) is 13.7. The zero-order chi connectivity index (χ0) is 13.8. The van der Waals surface area contributed by atoms with Crippen LogP contribution in [-0.2, 0) is 0 Å². The number of halogens is 2. The molecule has 0 heterocycles. The van der Waals surface area contributed by atoms with E-state index < -0.39 is 0 Å². The molecule has 2 aromatic carbocycles. The van der Waals surface area contributed by atoms with Gasteiger partial charge in [0.25, 0.3) is 0 Å². The highest BCUT2D eigenvalue weighted by atomic mass is 79.9. The SMILES string of the molecule is CCOc1cc(Nc2c(F)cccc2Br)ccc1N. The van der Waals surface area contributed by atoms with E-state index in [1.807, 2.05) is 6.92 Å². The maximum absolute atomic E-state index is 13.7. The van der Waals surface area contributed by atoms with Gasteiger partial charge >= 0.3 is 0 Å². The molecule has 3 nitrogen and oxygen atoms in total. The minimum absolute atomic E-state index is 0.329. The van der Waals surface area contributed by atoms with Crippen molar-refractivity contribution in [3.05, 3.63) is 46.7 Å².